The van der Waals surface area contributed by atoms with Crippen molar-refractivity contribution in [3.05, 3.63) is 88.2 Å². The highest BCUT2D eigenvalue weighted by molar-refractivity contribution is 6.17. The largest absolute Gasteiger partial charge is 0.455 e. The zero-order valence-corrected chi connectivity index (χ0v) is 20.3. The van der Waals surface area contributed by atoms with Gasteiger partial charge in [-0.15, -0.1) is 0 Å². The minimum absolute atomic E-state index is 0.251. The van der Waals surface area contributed by atoms with Crippen LogP contribution in [0.1, 0.15) is 54.3 Å². The standard InChI is InChI=1S/C31H30NO/c1-18-13-24-23-9-7-8-10-26(23)33-30(24)27(19(18)2)25-16-22-15-20(17-31(3,4)5)14-21-11-12-32(6)29(25)28(21)22/h7-16H,17H2,1-6H3/q+1. The van der Waals surface area contributed by atoms with Crippen LogP contribution in [-0.4, -0.2) is 0 Å². The first-order chi connectivity index (χ1) is 15.7. The van der Waals surface area contributed by atoms with Crippen molar-refractivity contribution >= 4 is 44.4 Å². The summed E-state index contributed by atoms with van der Waals surface area (Å²) in [4.78, 5) is 0. The smallest absolute Gasteiger partial charge is 0.221 e. The lowest BCUT2D eigenvalue weighted by Crippen LogP contribution is -2.32. The lowest BCUT2D eigenvalue weighted by Gasteiger charge is -2.18. The molecule has 6 rings (SSSR count). The Morgan fingerprint density at radius 2 is 1.73 bits per heavy atom. The van der Waals surface area contributed by atoms with Crippen LogP contribution in [-0.2, 0) is 13.5 Å². The normalized spacial score (nSPS) is 13.5. The van der Waals surface area contributed by atoms with E-state index in [2.05, 4.69) is 101 Å². The third kappa shape index (κ3) is 3.04. The van der Waals surface area contributed by atoms with Crippen LogP contribution in [0.4, 0.5) is 0 Å². The maximum atomic E-state index is 6.51. The first-order valence-corrected chi connectivity index (χ1v) is 11.8. The summed E-state index contributed by atoms with van der Waals surface area (Å²) >= 11 is 0. The summed E-state index contributed by atoms with van der Waals surface area (Å²) in [6.07, 6.45) is 5.65. The third-order valence-corrected chi connectivity index (χ3v) is 7.07. The molecule has 0 atom stereocenters. The number of aryl methyl sites for hydroxylation is 2. The van der Waals surface area contributed by atoms with Gasteiger partial charge >= 0.3 is 0 Å². The zero-order valence-electron chi connectivity index (χ0n) is 20.3. The van der Waals surface area contributed by atoms with Crippen LogP contribution in [0.25, 0.3) is 44.4 Å². The highest BCUT2D eigenvalue weighted by Crippen LogP contribution is 2.44. The third-order valence-electron chi connectivity index (χ3n) is 7.07. The van der Waals surface area contributed by atoms with E-state index in [1.54, 1.807) is 0 Å². The molecule has 0 unspecified atom stereocenters. The number of furan rings is 1. The average molecular weight is 433 g/mol. The summed E-state index contributed by atoms with van der Waals surface area (Å²) in [6, 6.07) is 17.7. The lowest BCUT2D eigenvalue weighted by molar-refractivity contribution is -0.672. The Morgan fingerprint density at radius 1 is 0.939 bits per heavy atom. The molecule has 33 heavy (non-hydrogen) atoms. The Bertz CT molecular complexity index is 1640. The van der Waals surface area contributed by atoms with Crippen LogP contribution in [0.5, 0.6) is 0 Å². The average Bonchev–Trinajstić information content (AvgIpc) is 3.30. The minimum Gasteiger partial charge on any atom is -0.455 e. The van der Waals surface area contributed by atoms with Gasteiger partial charge in [-0.05, 0) is 71.5 Å². The molecule has 0 bridgehead atoms. The van der Waals surface area contributed by atoms with Gasteiger partial charge in [-0.1, -0.05) is 51.1 Å². The topological polar surface area (TPSA) is 17.0 Å². The van der Waals surface area contributed by atoms with Crippen molar-refractivity contribution in [1.82, 2.24) is 0 Å². The molecule has 2 heteroatoms. The summed E-state index contributed by atoms with van der Waals surface area (Å²) in [5.74, 6) is 0. The molecule has 164 valence electrons. The van der Waals surface area contributed by atoms with E-state index in [-0.39, 0.29) is 5.41 Å². The second kappa shape index (κ2) is 6.81. The highest BCUT2D eigenvalue weighted by Gasteiger charge is 2.31. The molecule has 2 aromatic heterocycles. The Hall–Kier alpha value is -3.39. The highest BCUT2D eigenvalue weighted by atomic mass is 16.3. The van der Waals surface area contributed by atoms with Gasteiger partial charge < -0.3 is 4.42 Å². The predicted octanol–water partition coefficient (Wildman–Crippen LogP) is 7.67. The molecule has 2 heterocycles. The van der Waals surface area contributed by atoms with E-state index in [1.165, 1.54) is 60.6 Å². The molecular weight excluding hydrogens is 402 g/mol. The van der Waals surface area contributed by atoms with Crippen molar-refractivity contribution in [3.8, 4) is 0 Å². The van der Waals surface area contributed by atoms with Crippen LogP contribution < -0.4 is 4.57 Å². The second-order valence-electron chi connectivity index (χ2n) is 10.9. The molecule has 2 nitrogen and oxygen atoms in total. The second-order valence-corrected chi connectivity index (χ2v) is 10.9. The molecule has 1 aliphatic carbocycles. The molecule has 3 aromatic carbocycles. The summed E-state index contributed by atoms with van der Waals surface area (Å²) < 4.78 is 8.77. The minimum atomic E-state index is 0.251. The summed E-state index contributed by atoms with van der Waals surface area (Å²) in [5.41, 5.74) is 11.2. The van der Waals surface area contributed by atoms with E-state index in [1.807, 2.05) is 6.07 Å². The van der Waals surface area contributed by atoms with Gasteiger partial charge in [-0.2, -0.15) is 0 Å². The predicted molar refractivity (Wildman–Crippen MR) is 138 cm³/mol. The Morgan fingerprint density at radius 3 is 2.52 bits per heavy atom. The van der Waals surface area contributed by atoms with E-state index in [4.69, 9.17) is 4.42 Å². The molecule has 0 saturated heterocycles. The van der Waals surface area contributed by atoms with Crippen molar-refractivity contribution in [2.75, 3.05) is 0 Å². The van der Waals surface area contributed by atoms with Crippen LogP contribution in [0.15, 0.2) is 59.1 Å². The Balaban J connectivity index is 1.68. The van der Waals surface area contributed by atoms with Gasteiger partial charge in [0.05, 0.1) is 11.0 Å². The molecule has 0 amide bonds. The van der Waals surface area contributed by atoms with Gasteiger partial charge in [-0.25, -0.2) is 4.57 Å². The lowest BCUT2D eigenvalue weighted by atomic mass is 9.87. The number of aromatic nitrogens is 1. The molecule has 0 saturated carbocycles. The van der Waals surface area contributed by atoms with Crippen LogP contribution in [0.3, 0.4) is 0 Å². The molecule has 0 aliphatic heterocycles. The molecule has 0 radical (unpaired) electrons. The maximum Gasteiger partial charge on any atom is 0.221 e. The molecule has 0 fully saturated rings. The number of pyridine rings is 1. The number of rotatable bonds is 2. The van der Waals surface area contributed by atoms with Gasteiger partial charge in [-0.3, -0.25) is 0 Å². The van der Waals surface area contributed by atoms with Crippen molar-refractivity contribution < 1.29 is 8.98 Å². The van der Waals surface area contributed by atoms with Gasteiger partial charge in [0.1, 0.15) is 18.2 Å². The van der Waals surface area contributed by atoms with E-state index < -0.39 is 0 Å². The first kappa shape index (κ1) is 20.2. The van der Waals surface area contributed by atoms with E-state index in [0.29, 0.717) is 0 Å². The van der Waals surface area contributed by atoms with E-state index in [9.17, 15) is 0 Å². The maximum absolute atomic E-state index is 6.51. The van der Waals surface area contributed by atoms with Gasteiger partial charge in [0.15, 0.2) is 6.20 Å². The number of fused-ring (bicyclic) bond motifs is 3. The van der Waals surface area contributed by atoms with Crippen molar-refractivity contribution in [3.63, 3.8) is 0 Å². The fraction of sp³-hybridized carbons (Fsp3) is 0.258. The number of hydrogen-bond acceptors (Lipinski definition) is 1. The van der Waals surface area contributed by atoms with Crippen LogP contribution >= 0.6 is 0 Å². The molecule has 5 aromatic rings. The van der Waals surface area contributed by atoms with E-state index >= 15 is 0 Å². The zero-order chi connectivity index (χ0) is 23.1. The van der Waals surface area contributed by atoms with Crippen molar-refractivity contribution in [2.45, 2.75) is 41.0 Å². The molecule has 1 aliphatic rings. The van der Waals surface area contributed by atoms with E-state index in [0.717, 1.165) is 17.6 Å². The van der Waals surface area contributed by atoms with Gasteiger partial charge in [0, 0.05) is 22.4 Å². The quantitative estimate of drug-likeness (QED) is 0.257. The summed E-state index contributed by atoms with van der Waals surface area (Å²) in [6.45, 7) is 11.4. The van der Waals surface area contributed by atoms with Gasteiger partial charge in [0.2, 0.25) is 5.69 Å². The Kier molecular flexibility index (Phi) is 4.17. The first-order valence-electron chi connectivity index (χ1n) is 11.8. The fourth-order valence-corrected chi connectivity index (χ4v) is 5.58. The fourth-order valence-electron chi connectivity index (χ4n) is 5.58. The SMILES string of the molecule is Cc1cc2c(oc3ccccc32)c(C2=Cc3cc(CC(C)(C)C)cc4cc[n+](C)c2c34)c1C. The van der Waals surface area contributed by atoms with Gasteiger partial charge in [0.25, 0.3) is 0 Å². The number of nitrogens with zero attached hydrogens (tertiary/aromatic N) is 1. The van der Waals surface area contributed by atoms with Crippen LogP contribution in [0.2, 0.25) is 0 Å². The molecular formula is C31H30NO+. The van der Waals surface area contributed by atoms with Crippen molar-refractivity contribution in [2.24, 2.45) is 12.5 Å². The monoisotopic (exact) mass is 432 g/mol. The van der Waals surface area contributed by atoms with Crippen LogP contribution in [0, 0.1) is 19.3 Å². The number of hydrogen-bond donors (Lipinski definition) is 0. The Labute approximate surface area is 195 Å². The summed E-state index contributed by atoms with van der Waals surface area (Å²) in [5, 5.41) is 5.04. The van der Waals surface area contributed by atoms with Crippen molar-refractivity contribution in [1.29, 1.82) is 0 Å². The molecule has 0 N–H and O–H groups in total. The molecule has 0 spiro atoms. The summed E-state index contributed by atoms with van der Waals surface area (Å²) in [7, 11) is 2.15. The number of para-hydroxylation sites is 1. The number of benzene rings is 3.